The second kappa shape index (κ2) is 7.99. The van der Waals surface area contributed by atoms with Gasteiger partial charge in [-0.3, -0.25) is 4.90 Å². The summed E-state index contributed by atoms with van der Waals surface area (Å²) in [5, 5.41) is 3.68. The highest BCUT2D eigenvalue weighted by atomic mass is 15.1. The second-order valence-corrected chi connectivity index (χ2v) is 5.30. The molecule has 1 N–H and O–H groups in total. The van der Waals surface area contributed by atoms with E-state index in [4.69, 9.17) is 6.42 Å². The number of terminal acetylenes is 1. The number of rotatable bonds is 6. The molecular formula is C17H24N2. The summed E-state index contributed by atoms with van der Waals surface area (Å²) in [7, 11) is 0. The maximum absolute atomic E-state index is 5.34. The Bertz CT molecular complexity index is 385. The van der Waals surface area contributed by atoms with Gasteiger partial charge in [0.1, 0.15) is 0 Å². The van der Waals surface area contributed by atoms with Crippen molar-refractivity contribution in [2.75, 3.05) is 26.2 Å². The minimum atomic E-state index is 0.685. The molecule has 2 rings (SSSR count). The van der Waals surface area contributed by atoms with Gasteiger partial charge in [0.05, 0.1) is 6.54 Å². The van der Waals surface area contributed by atoms with Crippen molar-refractivity contribution in [3.8, 4) is 12.3 Å². The lowest BCUT2D eigenvalue weighted by Crippen LogP contribution is -2.42. The number of nitrogens with one attached hydrogen (secondary N) is 1. The van der Waals surface area contributed by atoms with Gasteiger partial charge in [-0.2, -0.15) is 0 Å². The monoisotopic (exact) mass is 256 g/mol. The van der Waals surface area contributed by atoms with E-state index in [0.717, 1.165) is 26.2 Å². The summed E-state index contributed by atoms with van der Waals surface area (Å²) in [6.45, 7) is 4.20. The minimum Gasteiger partial charge on any atom is -0.314 e. The van der Waals surface area contributed by atoms with Gasteiger partial charge in [0.15, 0.2) is 0 Å². The Morgan fingerprint density at radius 1 is 1.21 bits per heavy atom. The summed E-state index contributed by atoms with van der Waals surface area (Å²) in [6, 6.07) is 11.4. The van der Waals surface area contributed by atoms with Gasteiger partial charge in [-0.05, 0) is 37.8 Å². The van der Waals surface area contributed by atoms with Crippen LogP contribution in [0.2, 0.25) is 0 Å². The molecule has 1 heterocycles. The first-order valence-corrected chi connectivity index (χ1v) is 7.31. The highest BCUT2D eigenvalue weighted by Gasteiger charge is 2.17. The number of likely N-dealkylation sites (tertiary alicyclic amines) is 1. The van der Waals surface area contributed by atoms with Crippen molar-refractivity contribution in [1.29, 1.82) is 0 Å². The van der Waals surface area contributed by atoms with E-state index in [1.54, 1.807) is 0 Å². The molecule has 1 aliphatic heterocycles. The molecule has 1 fully saturated rings. The summed E-state index contributed by atoms with van der Waals surface area (Å²) >= 11 is 0. The van der Waals surface area contributed by atoms with Gasteiger partial charge in [0, 0.05) is 19.1 Å². The quantitative estimate of drug-likeness (QED) is 0.620. The lowest BCUT2D eigenvalue weighted by molar-refractivity contribution is 0.218. The van der Waals surface area contributed by atoms with Crippen molar-refractivity contribution in [1.82, 2.24) is 10.2 Å². The van der Waals surface area contributed by atoms with Gasteiger partial charge in [-0.15, -0.1) is 6.42 Å². The molecule has 0 atom stereocenters. The van der Waals surface area contributed by atoms with Gasteiger partial charge in [-0.25, -0.2) is 0 Å². The largest absolute Gasteiger partial charge is 0.314 e. The average molecular weight is 256 g/mol. The van der Waals surface area contributed by atoms with Gasteiger partial charge in [-0.1, -0.05) is 36.3 Å². The van der Waals surface area contributed by atoms with Crippen LogP contribution in [0.3, 0.4) is 0 Å². The van der Waals surface area contributed by atoms with E-state index in [0.29, 0.717) is 6.04 Å². The summed E-state index contributed by atoms with van der Waals surface area (Å²) < 4.78 is 0. The van der Waals surface area contributed by atoms with Gasteiger partial charge >= 0.3 is 0 Å². The van der Waals surface area contributed by atoms with Crippen molar-refractivity contribution in [2.45, 2.75) is 31.7 Å². The molecule has 102 valence electrons. The molecule has 1 aliphatic rings. The highest BCUT2D eigenvalue weighted by Crippen LogP contribution is 2.10. The van der Waals surface area contributed by atoms with E-state index in [1.807, 2.05) is 0 Å². The molecule has 0 aliphatic carbocycles. The lowest BCUT2D eigenvalue weighted by Gasteiger charge is -2.31. The predicted octanol–water partition coefficient (Wildman–Crippen LogP) is 2.31. The third kappa shape index (κ3) is 5.06. The van der Waals surface area contributed by atoms with Crippen molar-refractivity contribution < 1.29 is 0 Å². The first kappa shape index (κ1) is 14.1. The number of nitrogens with zero attached hydrogens (tertiary/aromatic N) is 1. The van der Waals surface area contributed by atoms with E-state index in [1.165, 1.54) is 31.2 Å². The van der Waals surface area contributed by atoms with E-state index >= 15 is 0 Å². The zero-order valence-corrected chi connectivity index (χ0v) is 11.6. The molecule has 1 aromatic carbocycles. The van der Waals surface area contributed by atoms with E-state index in [-0.39, 0.29) is 0 Å². The van der Waals surface area contributed by atoms with Gasteiger partial charge in [0.2, 0.25) is 0 Å². The van der Waals surface area contributed by atoms with Crippen LogP contribution < -0.4 is 5.32 Å². The fourth-order valence-corrected chi connectivity index (χ4v) is 2.67. The number of hydrogen-bond acceptors (Lipinski definition) is 2. The Morgan fingerprint density at radius 3 is 2.63 bits per heavy atom. The predicted molar refractivity (Wildman–Crippen MR) is 81.1 cm³/mol. The van der Waals surface area contributed by atoms with Gasteiger partial charge in [0.25, 0.3) is 0 Å². The van der Waals surface area contributed by atoms with Crippen molar-refractivity contribution in [2.24, 2.45) is 0 Å². The van der Waals surface area contributed by atoms with Gasteiger partial charge < -0.3 is 5.32 Å². The number of hydrogen-bond donors (Lipinski definition) is 1. The minimum absolute atomic E-state index is 0.685. The fraction of sp³-hybridized carbons (Fsp3) is 0.529. The Kier molecular flexibility index (Phi) is 5.94. The summed E-state index contributed by atoms with van der Waals surface area (Å²) in [5.41, 5.74) is 1.44. The lowest BCUT2D eigenvalue weighted by atomic mass is 10.0. The Morgan fingerprint density at radius 2 is 1.95 bits per heavy atom. The van der Waals surface area contributed by atoms with Crippen LogP contribution in [0, 0.1) is 12.3 Å². The molecule has 2 nitrogen and oxygen atoms in total. The SMILES string of the molecule is C#CCN1CCC(NCCCc2ccccc2)CC1. The molecule has 1 saturated heterocycles. The highest BCUT2D eigenvalue weighted by molar-refractivity contribution is 5.14. The molecule has 0 unspecified atom stereocenters. The zero-order chi connectivity index (χ0) is 13.3. The molecule has 1 aromatic rings. The molecule has 0 radical (unpaired) electrons. The number of piperidine rings is 1. The molecule has 0 spiro atoms. The Labute approximate surface area is 117 Å². The maximum Gasteiger partial charge on any atom is 0.0598 e. The Hall–Kier alpha value is -1.30. The normalized spacial score (nSPS) is 17.2. The van der Waals surface area contributed by atoms with Crippen LogP contribution in [0.5, 0.6) is 0 Å². The number of benzene rings is 1. The molecule has 0 saturated carbocycles. The van der Waals surface area contributed by atoms with Crippen LogP contribution in [-0.2, 0) is 6.42 Å². The molecular weight excluding hydrogens is 232 g/mol. The first-order chi connectivity index (χ1) is 9.38. The van der Waals surface area contributed by atoms with Crippen LogP contribution in [0.15, 0.2) is 30.3 Å². The van der Waals surface area contributed by atoms with Crippen LogP contribution in [0.4, 0.5) is 0 Å². The molecule has 0 bridgehead atoms. The number of aryl methyl sites for hydroxylation is 1. The second-order valence-electron chi connectivity index (χ2n) is 5.30. The molecule has 2 heteroatoms. The van der Waals surface area contributed by atoms with Crippen LogP contribution in [0.1, 0.15) is 24.8 Å². The zero-order valence-electron chi connectivity index (χ0n) is 11.6. The topological polar surface area (TPSA) is 15.3 Å². The molecule has 0 amide bonds. The van der Waals surface area contributed by atoms with Crippen LogP contribution in [-0.4, -0.2) is 37.1 Å². The van der Waals surface area contributed by atoms with Crippen molar-refractivity contribution in [3.63, 3.8) is 0 Å². The summed E-state index contributed by atoms with van der Waals surface area (Å²) in [5.74, 6) is 2.73. The standard InChI is InChI=1S/C17H24N2/c1-2-13-19-14-10-17(11-15-19)18-12-6-9-16-7-4-3-5-8-16/h1,3-5,7-8,17-18H,6,9-15H2. The fourth-order valence-electron chi connectivity index (χ4n) is 2.67. The molecule has 19 heavy (non-hydrogen) atoms. The third-order valence-electron chi connectivity index (χ3n) is 3.82. The van der Waals surface area contributed by atoms with Crippen LogP contribution in [0.25, 0.3) is 0 Å². The molecule has 0 aromatic heterocycles. The van der Waals surface area contributed by atoms with Crippen LogP contribution >= 0.6 is 0 Å². The van der Waals surface area contributed by atoms with E-state index in [2.05, 4.69) is 46.5 Å². The van der Waals surface area contributed by atoms with E-state index in [9.17, 15) is 0 Å². The van der Waals surface area contributed by atoms with Crippen molar-refractivity contribution in [3.05, 3.63) is 35.9 Å². The summed E-state index contributed by atoms with van der Waals surface area (Å²) in [6.07, 6.45) is 10.2. The van der Waals surface area contributed by atoms with E-state index < -0.39 is 0 Å². The Balaban J connectivity index is 1.56. The summed E-state index contributed by atoms with van der Waals surface area (Å²) in [4.78, 5) is 2.36. The third-order valence-corrected chi connectivity index (χ3v) is 3.82. The van der Waals surface area contributed by atoms with Crippen molar-refractivity contribution >= 4 is 0 Å². The smallest absolute Gasteiger partial charge is 0.0598 e. The maximum atomic E-state index is 5.34. The first-order valence-electron chi connectivity index (χ1n) is 7.31. The average Bonchev–Trinajstić information content (AvgIpc) is 2.47.